The molecule has 1 heterocycles. The standard InChI is InChI=1S/C13H15N3/c14-9-11-5-7-16(8-6-11)13-4-2-1-3-12(13)10-15/h1-5H,6-9,14H2. The Morgan fingerprint density at radius 3 is 2.81 bits per heavy atom. The molecule has 1 aliphatic rings. The Bertz CT molecular complexity index is 443. The Hall–Kier alpha value is -1.79. The van der Waals surface area contributed by atoms with Crippen LogP contribution in [0.2, 0.25) is 0 Å². The first-order chi connectivity index (χ1) is 7.85. The van der Waals surface area contributed by atoms with E-state index in [1.54, 1.807) is 0 Å². The van der Waals surface area contributed by atoms with Gasteiger partial charge in [-0.3, -0.25) is 0 Å². The van der Waals surface area contributed by atoms with Crippen molar-refractivity contribution in [1.82, 2.24) is 0 Å². The molecular formula is C13H15N3. The largest absolute Gasteiger partial charge is 0.366 e. The highest BCUT2D eigenvalue weighted by molar-refractivity contribution is 5.60. The topological polar surface area (TPSA) is 53.0 Å². The monoisotopic (exact) mass is 213 g/mol. The fraction of sp³-hybridized carbons (Fsp3) is 0.308. The Morgan fingerprint density at radius 1 is 1.38 bits per heavy atom. The van der Waals surface area contributed by atoms with Crippen molar-refractivity contribution in [3.05, 3.63) is 41.5 Å². The minimum Gasteiger partial charge on any atom is -0.366 e. The molecule has 1 aromatic carbocycles. The van der Waals surface area contributed by atoms with Crippen LogP contribution in [0.5, 0.6) is 0 Å². The molecule has 0 atom stereocenters. The summed E-state index contributed by atoms with van der Waals surface area (Å²) in [7, 11) is 0. The molecule has 0 saturated heterocycles. The van der Waals surface area contributed by atoms with Gasteiger partial charge >= 0.3 is 0 Å². The van der Waals surface area contributed by atoms with Gasteiger partial charge in [0.25, 0.3) is 0 Å². The number of para-hydroxylation sites is 1. The summed E-state index contributed by atoms with van der Waals surface area (Å²) in [6.45, 7) is 2.45. The quantitative estimate of drug-likeness (QED) is 0.760. The van der Waals surface area contributed by atoms with Crippen molar-refractivity contribution in [2.45, 2.75) is 6.42 Å². The van der Waals surface area contributed by atoms with Crippen LogP contribution in [0, 0.1) is 11.3 Å². The number of hydrogen-bond donors (Lipinski definition) is 1. The van der Waals surface area contributed by atoms with E-state index in [-0.39, 0.29) is 0 Å². The summed E-state index contributed by atoms with van der Waals surface area (Å²) in [5, 5.41) is 9.04. The molecule has 0 aromatic heterocycles. The molecule has 2 rings (SSSR count). The van der Waals surface area contributed by atoms with Crippen LogP contribution in [0.4, 0.5) is 5.69 Å². The van der Waals surface area contributed by atoms with Crippen LogP contribution < -0.4 is 10.6 Å². The van der Waals surface area contributed by atoms with Gasteiger partial charge in [0.2, 0.25) is 0 Å². The number of nitrogens with two attached hydrogens (primary N) is 1. The average molecular weight is 213 g/mol. The third-order valence-electron chi connectivity index (χ3n) is 2.93. The van der Waals surface area contributed by atoms with Crippen LogP contribution in [0.3, 0.4) is 0 Å². The third kappa shape index (κ3) is 2.07. The highest BCUT2D eigenvalue weighted by Gasteiger charge is 2.13. The summed E-state index contributed by atoms with van der Waals surface area (Å²) >= 11 is 0. The van der Waals surface area contributed by atoms with Gasteiger partial charge in [-0.2, -0.15) is 5.26 Å². The van der Waals surface area contributed by atoms with E-state index in [1.807, 2.05) is 24.3 Å². The van der Waals surface area contributed by atoms with E-state index in [0.29, 0.717) is 6.54 Å². The number of rotatable bonds is 2. The molecule has 1 aromatic rings. The lowest BCUT2D eigenvalue weighted by atomic mass is 10.1. The van der Waals surface area contributed by atoms with E-state index in [0.717, 1.165) is 30.8 Å². The van der Waals surface area contributed by atoms with E-state index in [1.165, 1.54) is 5.57 Å². The van der Waals surface area contributed by atoms with Crippen molar-refractivity contribution in [3.8, 4) is 6.07 Å². The summed E-state index contributed by atoms with van der Waals surface area (Å²) in [6, 6.07) is 9.96. The van der Waals surface area contributed by atoms with Crippen LogP contribution >= 0.6 is 0 Å². The highest BCUT2D eigenvalue weighted by Crippen LogP contribution is 2.22. The SMILES string of the molecule is N#Cc1ccccc1N1CC=C(CN)CC1. The summed E-state index contributed by atoms with van der Waals surface area (Å²) < 4.78 is 0. The molecule has 0 saturated carbocycles. The Kier molecular flexibility index (Phi) is 3.23. The highest BCUT2D eigenvalue weighted by atomic mass is 15.1. The van der Waals surface area contributed by atoms with E-state index in [2.05, 4.69) is 17.0 Å². The first-order valence-corrected chi connectivity index (χ1v) is 5.47. The van der Waals surface area contributed by atoms with Crippen molar-refractivity contribution >= 4 is 5.69 Å². The second-order valence-electron chi connectivity index (χ2n) is 3.89. The van der Waals surface area contributed by atoms with E-state index < -0.39 is 0 Å². The minimum absolute atomic E-state index is 0.647. The van der Waals surface area contributed by atoms with Crippen molar-refractivity contribution in [2.75, 3.05) is 24.5 Å². The van der Waals surface area contributed by atoms with Gasteiger partial charge in [0.05, 0.1) is 11.3 Å². The molecule has 3 heteroatoms. The number of anilines is 1. The number of hydrogen-bond acceptors (Lipinski definition) is 3. The average Bonchev–Trinajstić information content (AvgIpc) is 2.39. The molecule has 0 fully saturated rings. The van der Waals surface area contributed by atoms with Gasteiger partial charge in [0, 0.05) is 19.6 Å². The predicted molar refractivity (Wildman–Crippen MR) is 65.1 cm³/mol. The fourth-order valence-electron chi connectivity index (χ4n) is 1.96. The molecule has 82 valence electrons. The fourth-order valence-corrected chi connectivity index (χ4v) is 1.96. The summed E-state index contributed by atoms with van der Waals surface area (Å²) in [4.78, 5) is 2.22. The van der Waals surface area contributed by atoms with Crippen molar-refractivity contribution in [1.29, 1.82) is 5.26 Å². The first-order valence-electron chi connectivity index (χ1n) is 5.47. The Balaban J connectivity index is 2.21. The second kappa shape index (κ2) is 4.82. The summed E-state index contributed by atoms with van der Waals surface area (Å²) in [5.41, 5.74) is 8.68. The summed E-state index contributed by atoms with van der Waals surface area (Å²) in [5.74, 6) is 0. The van der Waals surface area contributed by atoms with Crippen LogP contribution in [-0.2, 0) is 0 Å². The molecule has 0 aliphatic carbocycles. The maximum atomic E-state index is 9.04. The maximum absolute atomic E-state index is 9.04. The molecular weight excluding hydrogens is 198 g/mol. The zero-order valence-electron chi connectivity index (χ0n) is 9.19. The lowest BCUT2D eigenvalue weighted by molar-refractivity contribution is 0.772. The molecule has 16 heavy (non-hydrogen) atoms. The smallest absolute Gasteiger partial charge is 0.101 e. The van der Waals surface area contributed by atoms with Crippen LogP contribution in [0.15, 0.2) is 35.9 Å². The normalized spacial score (nSPS) is 15.5. The van der Waals surface area contributed by atoms with Crippen molar-refractivity contribution in [3.63, 3.8) is 0 Å². The molecule has 2 N–H and O–H groups in total. The van der Waals surface area contributed by atoms with Gasteiger partial charge in [0.1, 0.15) is 6.07 Å². The third-order valence-corrected chi connectivity index (χ3v) is 2.93. The molecule has 0 bridgehead atoms. The van der Waals surface area contributed by atoms with E-state index in [4.69, 9.17) is 11.0 Å². The summed E-state index contributed by atoms with van der Waals surface area (Å²) in [6.07, 6.45) is 3.16. The molecule has 0 unspecified atom stereocenters. The van der Waals surface area contributed by atoms with E-state index in [9.17, 15) is 0 Å². The van der Waals surface area contributed by atoms with Gasteiger partial charge in [-0.1, -0.05) is 23.8 Å². The van der Waals surface area contributed by atoms with Crippen LogP contribution in [-0.4, -0.2) is 19.6 Å². The molecule has 0 amide bonds. The molecule has 0 radical (unpaired) electrons. The van der Waals surface area contributed by atoms with Crippen LogP contribution in [0.25, 0.3) is 0 Å². The predicted octanol–water partition coefficient (Wildman–Crippen LogP) is 1.65. The van der Waals surface area contributed by atoms with Gasteiger partial charge in [-0.15, -0.1) is 0 Å². The number of benzene rings is 1. The van der Waals surface area contributed by atoms with Gasteiger partial charge in [-0.25, -0.2) is 0 Å². The number of nitriles is 1. The molecule has 3 nitrogen and oxygen atoms in total. The zero-order chi connectivity index (χ0) is 11.4. The lowest BCUT2D eigenvalue weighted by Crippen LogP contribution is -2.30. The Morgan fingerprint density at radius 2 is 2.19 bits per heavy atom. The van der Waals surface area contributed by atoms with Crippen molar-refractivity contribution < 1.29 is 0 Å². The maximum Gasteiger partial charge on any atom is 0.101 e. The van der Waals surface area contributed by atoms with E-state index >= 15 is 0 Å². The second-order valence-corrected chi connectivity index (χ2v) is 3.89. The van der Waals surface area contributed by atoms with Crippen LogP contribution in [0.1, 0.15) is 12.0 Å². The number of nitrogens with zero attached hydrogens (tertiary/aromatic N) is 2. The molecule has 1 aliphatic heterocycles. The zero-order valence-corrected chi connectivity index (χ0v) is 9.19. The molecule has 0 spiro atoms. The van der Waals surface area contributed by atoms with Gasteiger partial charge in [-0.05, 0) is 18.6 Å². The minimum atomic E-state index is 0.647. The first kappa shape index (κ1) is 10.7. The Labute approximate surface area is 95.8 Å². The van der Waals surface area contributed by atoms with Gasteiger partial charge < -0.3 is 10.6 Å². The van der Waals surface area contributed by atoms with Crippen molar-refractivity contribution in [2.24, 2.45) is 5.73 Å². The van der Waals surface area contributed by atoms with Gasteiger partial charge in [0.15, 0.2) is 0 Å². The lowest BCUT2D eigenvalue weighted by Gasteiger charge is -2.28.